The van der Waals surface area contributed by atoms with Crippen molar-refractivity contribution in [3.05, 3.63) is 34.1 Å². The summed E-state index contributed by atoms with van der Waals surface area (Å²) in [6, 6.07) is 5.40. The van der Waals surface area contributed by atoms with Crippen LogP contribution in [0.5, 0.6) is 0 Å². The van der Waals surface area contributed by atoms with Crippen LogP contribution in [-0.4, -0.2) is 37.1 Å². The van der Waals surface area contributed by atoms with Gasteiger partial charge in [-0.3, -0.25) is 0 Å². The van der Waals surface area contributed by atoms with Crippen molar-refractivity contribution in [3.8, 4) is 0 Å². The molecule has 1 N–H and O–H groups in total. The van der Waals surface area contributed by atoms with Crippen LogP contribution in [0.25, 0.3) is 0 Å². The number of nitrogens with zero attached hydrogens (tertiary/aromatic N) is 1. The first-order valence-electron chi connectivity index (χ1n) is 7.76. The second-order valence-corrected chi connectivity index (χ2v) is 6.67. The molecule has 0 aliphatic rings. The average Bonchev–Trinajstić information content (AvgIpc) is 2.44. The molecule has 1 aromatic rings. The summed E-state index contributed by atoms with van der Waals surface area (Å²) < 4.78 is 15.0. The van der Waals surface area contributed by atoms with Gasteiger partial charge in [-0.1, -0.05) is 36.7 Å². The van der Waals surface area contributed by atoms with E-state index in [9.17, 15) is 4.39 Å². The maximum absolute atomic E-state index is 14.1. The first kappa shape index (κ1) is 18.6. The highest BCUT2D eigenvalue weighted by Crippen LogP contribution is 2.29. The summed E-state index contributed by atoms with van der Waals surface area (Å²) in [6.45, 7) is 7.42. The van der Waals surface area contributed by atoms with Crippen molar-refractivity contribution < 1.29 is 4.39 Å². The Balaban J connectivity index is 3.13. The predicted molar refractivity (Wildman–Crippen MR) is 92.3 cm³/mol. The molecular weight excluding hydrogens is 331 g/mol. The highest BCUT2D eigenvalue weighted by atomic mass is 79.9. The topological polar surface area (TPSA) is 15.3 Å². The van der Waals surface area contributed by atoms with Crippen LogP contribution in [0, 0.1) is 5.82 Å². The van der Waals surface area contributed by atoms with Gasteiger partial charge >= 0.3 is 0 Å². The fourth-order valence-electron chi connectivity index (χ4n) is 3.31. The molecule has 4 heteroatoms. The molecule has 0 saturated heterocycles. The zero-order valence-corrected chi connectivity index (χ0v) is 15.4. The van der Waals surface area contributed by atoms with Gasteiger partial charge in [0.25, 0.3) is 0 Å². The number of halogens is 2. The van der Waals surface area contributed by atoms with E-state index < -0.39 is 0 Å². The standard InChI is InChI=1S/C17H28BrFN2/c1-6-17(7-2,21(4)5)16(20-8-3)12-13-11-14(18)9-10-15(13)19/h9-11,16,20H,6-8,12H2,1-5H3. The Morgan fingerprint density at radius 2 is 1.86 bits per heavy atom. The van der Waals surface area contributed by atoms with Crippen LogP contribution in [0.1, 0.15) is 39.2 Å². The van der Waals surface area contributed by atoms with Gasteiger partial charge in [-0.25, -0.2) is 4.39 Å². The summed E-state index contributed by atoms with van der Waals surface area (Å²) >= 11 is 3.44. The van der Waals surface area contributed by atoms with Crippen LogP contribution >= 0.6 is 15.9 Å². The summed E-state index contributed by atoms with van der Waals surface area (Å²) in [5.41, 5.74) is 0.800. The normalized spacial score (nSPS) is 13.7. The SMILES string of the molecule is CCNC(Cc1cc(Br)ccc1F)C(CC)(CC)N(C)C. The number of rotatable bonds is 8. The van der Waals surface area contributed by atoms with Crippen molar-refractivity contribution in [3.63, 3.8) is 0 Å². The molecule has 0 heterocycles. The summed E-state index contributed by atoms with van der Waals surface area (Å²) in [4.78, 5) is 2.29. The third kappa shape index (κ3) is 4.27. The van der Waals surface area contributed by atoms with Crippen molar-refractivity contribution in [2.75, 3.05) is 20.6 Å². The van der Waals surface area contributed by atoms with E-state index in [2.05, 4.69) is 61.0 Å². The molecular formula is C17H28BrFN2. The van der Waals surface area contributed by atoms with E-state index in [1.165, 1.54) is 6.07 Å². The molecule has 0 fully saturated rings. The van der Waals surface area contributed by atoms with Gasteiger partial charge in [0.1, 0.15) is 5.82 Å². The molecule has 0 aromatic heterocycles. The molecule has 0 aliphatic carbocycles. The Morgan fingerprint density at radius 3 is 2.33 bits per heavy atom. The largest absolute Gasteiger partial charge is 0.312 e. The number of benzene rings is 1. The molecule has 2 nitrogen and oxygen atoms in total. The molecule has 0 saturated carbocycles. The van der Waals surface area contributed by atoms with Gasteiger partial charge in [-0.2, -0.15) is 0 Å². The van der Waals surface area contributed by atoms with E-state index in [1.807, 2.05) is 6.07 Å². The highest BCUT2D eigenvalue weighted by molar-refractivity contribution is 9.10. The lowest BCUT2D eigenvalue weighted by atomic mass is 9.80. The van der Waals surface area contributed by atoms with E-state index in [0.29, 0.717) is 6.42 Å². The summed E-state index contributed by atoms with van der Waals surface area (Å²) in [6.07, 6.45) is 2.76. The van der Waals surface area contributed by atoms with E-state index in [4.69, 9.17) is 0 Å². The van der Waals surface area contributed by atoms with Gasteiger partial charge in [0.05, 0.1) is 0 Å². The lowest BCUT2D eigenvalue weighted by Crippen LogP contribution is -2.59. The molecule has 21 heavy (non-hydrogen) atoms. The summed E-state index contributed by atoms with van der Waals surface area (Å²) in [5.74, 6) is -0.124. The third-order valence-electron chi connectivity index (χ3n) is 4.65. The molecule has 1 unspecified atom stereocenters. The number of hydrogen-bond acceptors (Lipinski definition) is 2. The second kappa shape index (κ2) is 8.25. The van der Waals surface area contributed by atoms with Gasteiger partial charge in [-0.15, -0.1) is 0 Å². The number of hydrogen-bond donors (Lipinski definition) is 1. The summed E-state index contributed by atoms with van der Waals surface area (Å²) in [7, 11) is 4.24. The Kier molecular flexibility index (Phi) is 7.31. The van der Waals surface area contributed by atoms with E-state index in [1.54, 1.807) is 6.07 Å². The molecule has 0 aliphatic heterocycles. The Morgan fingerprint density at radius 1 is 1.24 bits per heavy atom. The fraction of sp³-hybridized carbons (Fsp3) is 0.647. The monoisotopic (exact) mass is 358 g/mol. The van der Waals surface area contributed by atoms with Crippen molar-refractivity contribution in [1.82, 2.24) is 10.2 Å². The van der Waals surface area contributed by atoms with Crippen LogP contribution in [0.4, 0.5) is 4.39 Å². The van der Waals surface area contributed by atoms with E-state index in [-0.39, 0.29) is 17.4 Å². The Bertz CT molecular complexity index is 444. The van der Waals surface area contributed by atoms with Gasteiger partial charge < -0.3 is 10.2 Å². The molecule has 1 rings (SSSR count). The lowest BCUT2D eigenvalue weighted by Gasteiger charge is -2.45. The highest BCUT2D eigenvalue weighted by Gasteiger charge is 2.37. The number of nitrogens with one attached hydrogen (secondary N) is 1. The minimum absolute atomic E-state index is 0.0325. The van der Waals surface area contributed by atoms with Gasteiger partial charge in [0.15, 0.2) is 0 Å². The van der Waals surface area contributed by atoms with Crippen molar-refractivity contribution >= 4 is 15.9 Å². The number of likely N-dealkylation sites (N-methyl/N-ethyl adjacent to an activating group) is 2. The maximum Gasteiger partial charge on any atom is 0.126 e. The predicted octanol–water partition coefficient (Wildman–Crippen LogP) is 4.23. The molecule has 1 aromatic carbocycles. The van der Waals surface area contributed by atoms with Crippen LogP contribution in [0.15, 0.2) is 22.7 Å². The fourth-order valence-corrected chi connectivity index (χ4v) is 3.71. The molecule has 0 bridgehead atoms. The Hall–Kier alpha value is -0.450. The first-order chi connectivity index (χ1) is 9.91. The molecule has 0 radical (unpaired) electrons. The van der Waals surface area contributed by atoms with Gasteiger partial charge in [0.2, 0.25) is 0 Å². The van der Waals surface area contributed by atoms with Crippen LogP contribution in [0.3, 0.4) is 0 Å². The molecule has 0 amide bonds. The second-order valence-electron chi connectivity index (χ2n) is 5.76. The minimum Gasteiger partial charge on any atom is -0.312 e. The quantitative estimate of drug-likeness (QED) is 0.747. The average molecular weight is 359 g/mol. The van der Waals surface area contributed by atoms with Crippen LogP contribution in [0.2, 0.25) is 0 Å². The Labute approximate surface area is 137 Å². The smallest absolute Gasteiger partial charge is 0.126 e. The first-order valence-corrected chi connectivity index (χ1v) is 8.55. The van der Waals surface area contributed by atoms with Gasteiger partial charge in [-0.05, 0) is 63.7 Å². The molecule has 0 spiro atoms. The van der Waals surface area contributed by atoms with Gasteiger partial charge in [0, 0.05) is 16.1 Å². The summed E-state index contributed by atoms with van der Waals surface area (Å²) in [5, 5.41) is 3.58. The van der Waals surface area contributed by atoms with Crippen LogP contribution < -0.4 is 5.32 Å². The van der Waals surface area contributed by atoms with Crippen LogP contribution in [-0.2, 0) is 6.42 Å². The molecule has 1 atom stereocenters. The van der Waals surface area contributed by atoms with Crippen molar-refractivity contribution in [1.29, 1.82) is 0 Å². The lowest BCUT2D eigenvalue weighted by molar-refractivity contribution is 0.0885. The van der Waals surface area contributed by atoms with E-state index >= 15 is 0 Å². The zero-order chi connectivity index (χ0) is 16.0. The minimum atomic E-state index is -0.124. The van der Waals surface area contributed by atoms with E-state index in [0.717, 1.165) is 29.4 Å². The van der Waals surface area contributed by atoms with Crippen molar-refractivity contribution in [2.45, 2.75) is 51.6 Å². The third-order valence-corrected chi connectivity index (χ3v) is 5.14. The van der Waals surface area contributed by atoms with Crippen molar-refractivity contribution in [2.24, 2.45) is 0 Å². The zero-order valence-electron chi connectivity index (χ0n) is 13.8. The maximum atomic E-state index is 14.1. The molecule has 120 valence electrons.